The number of carbonyl (C=O) groups is 1. The summed E-state index contributed by atoms with van der Waals surface area (Å²) in [5.74, 6) is 0.126. The monoisotopic (exact) mass is 275 g/mol. The molecule has 0 unspecified atom stereocenters. The van der Waals surface area contributed by atoms with Gasteiger partial charge in [0.15, 0.2) is 5.69 Å². The predicted molar refractivity (Wildman–Crippen MR) is 75.2 cm³/mol. The van der Waals surface area contributed by atoms with E-state index in [2.05, 4.69) is 4.98 Å². The van der Waals surface area contributed by atoms with Crippen molar-refractivity contribution in [1.29, 1.82) is 0 Å². The molecule has 2 aromatic rings. The summed E-state index contributed by atoms with van der Waals surface area (Å²) in [5, 5.41) is 0.869. The van der Waals surface area contributed by atoms with Crippen LogP contribution in [0.4, 0.5) is 0 Å². The van der Waals surface area contributed by atoms with Gasteiger partial charge in [0.1, 0.15) is 5.75 Å². The van der Waals surface area contributed by atoms with Crippen molar-refractivity contribution < 1.29 is 19.0 Å². The molecule has 20 heavy (non-hydrogen) atoms. The smallest absolute Gasteiger partial charge is 0.356 e. The molecule has 1 aromatic carbocycles. The Morgan fingerprint density at radius 2 is 2.05 bits per heavy atom. The largest absolute Gasteiger partial charge is 0.496 e. The average molecular weight is 275 g/mol. The average Bonchev–Trinajstić information content (AvgIpc) is 2.50. The van der Waals surface area contributed by atoms with Crippen LogP contribution >= 0.6 is 0 Å². The van der Waals surface area contributed by atoms with Crippen molar-refractivity contribution in [3.8, 4) is 5.75 Å². The number of rotatable bonds is 5. The molecule has 0 saturated heterocycles. The lowest BCUT2D eigenvalue weighted by atomic mass is 10.1. The fourth-order valence-electron chi connectivity index (χ4n) is 2.07. The summed E-state index contributed by atoms with van der Waals surface area (Å²) in [6.45, 7) is 0.589. The van der Waals surface area contributed by atoms with Gasteiger partial charge in [-0.15, -0.1) is 0 Å². The van der Waals surface area contributed by atoms with E-state index < -0.39 is 5.97 Å². The van der Waals surface area contributed by atoms with Crippen molar-refractivity contribution in [1.82, 2.24) is 4.98 Å². The molecule has 0 N–H and O–H groups in total. The van der Waals surface area contributed by atoms with Crippen LogP contribution in [0.1, 0.15) is 16.1 Å². The van der Waals surface area contributed by atoms with E-state index in [1.807, 2.05) is 18.2 Å². The van der Waals surface area contributed by atoms with Crippen LogP contribution < -0.4 is 4.74 Å². The van der Waals surface area contributed by atoms with Gasteiger partial charge in [0, 0.05) is 18.6 Å². The summed E-state index contributed by atoms with van der Waals surface area (Å²) >= 11 is 0. The molecule has 106 valence electrons. The maximum absolute atomic E-state index is 11.7. The number of hydrogen-bond donors (Lipinski definition) is 0. The van der Waals surface area contributed by atoms with Gasteiger partial charge in [0.05, 0.1) is 26.3 Å². The minimum absolute atomic E-state index is 0.238. The summed E-state index contributed by atoms with van der Waals surface area (Å²) in [4.78, 5) is 16.1. The molecule has 0 aliphatic carbocycles. The topological polar surface area (TPSA) is 57.7 Å². The van der Waals surface area contributed by atoms with Crippen molar-refractivity contribution in [2.24, 2.45) is 0 Å². The maximum atomic E-state index is 11.7. The Kier molecular flexibility index (Phi) is 4.53. The van der Waals surface area contributed by atoms with Gasteiger partial charge in [-0.25, -0.2) is 9.78 Å². The Labute approximate surface area is 117 Å². The van der Waals surface area contributed by atoms with Gasteiger partial charge in [-0.3, -0.25) is 0 Å². The summed E-state index contributed by atoms with van der Waals surface area (Å²) in [5.41, 5.74) is 1.99. The Balaban J connectivity index is 2.62. The van der Waals surface area contributed by atoms with E-state index in [1.165, 1.54) is 7.11 Å². The zero-order chi connectivity index (χ0) is 14.5. The number of carbonyl (C=O) groups excluding carboxylic acids is 1. The van der Waals surface area contributed by atoms with E-state index >= 15 is 0 Å². The van der Waals surface area contributed by atoms with Gasteiger partial charge >= 0.3 is 5.97 Å². The zero-order valence-electron chi connectivity index (χ0n) is 11.8. The fraction of sp³-hybridized carbons (Fsp3) is 0.333. The third-order valence-corrected chi connectivity index (χ3v) is 3.08. The van der Waals surface area contributed by atoms with Crippen LogP contribution in [0.25, 0.3) is 10.9 Å². The van der Waals surface area contributed by atoms with Gasteiger partial charge in [0.25, 0.3) is 0 Å². The van der Waals surface area contributed by atoms with Crippen molar-refractivity contribution in [3.63, 3.8) is 0 Å². The predicted octanol–water partition coefficient (Wildman–Crippen LogP) is 2.22. The molecule has 1 heterocycles. The third-order valence-electron chi connectivity index (χ3n) is 3.08. The highest BCUT2D eigenvalue weighted by atomic mass is 16.5. The number of ether oxygens (including phenoxy) is 3. The number of pyridine rings is 1. The highest BCUT2D eigenvalue weighted by molar-refractivity contribution is 5.95. The van der Waals surface area contributed by atoms with Crippen LogP contribution in [0.3, 0.4) is 0 Å². The number of benzene rings is 1. The Hall–Kier alpha value is -2.14. The molecule has 0 spiro atoms. The fourth-order valence-corrected chi connectivity index (χ4v) is 2.07. The molecular weight excluding hydrogens is 258 g/mol. The van der Waals surface area contributed by atoms with Crippen molar-refractivity contribution in [2.75, 3.05) is 27.9 Å². The second-order valence-corrected chi connectivity index (χ2v) is 4.26. The standard InChI is InChI=1S/C15H17NO4/c1-18-8-7-10-5-4-6-11-13(19-2)9-12(15(17)20-3)16-14(10)11/h4-6,9H,7-8H2,1-3H3. The van der Waals surface area contributed by atoms with Gasteiger partial charge < -0.3 is 14.2 Å². The number of esters is 1. The second kappa shape index (κ2) is 6.34. The summed E-state index contributed by atoms with van der Waals surface area (Å²) < 4.78 is 15.2. The molecule has 0 bridgehead atoms. The Morgan fingerprint density at radius 1 is 1.25 bits per heavy atom. The van der Waals surface area contributed by atoms with Crippen molar-refractivity contribution in [3.05, 3.63) is 35.5 Å². The quantitative estimate of drug-likeness (QED) is 0.783. The molecular formula is C15H17NO4. The number of hydrogen-bond acceptors (Lipinski definition) is 5. The highest BCUT2D eigenvalue weighted by Gasteiger charge is 2.14. The molecule has 0 atom stereocenters. The first-order chi connectivity index (χ1) is 9.71. The minimum Gasteiger partial charge on any atom is -0.496 e. The van der Waals surface area contributed by atoms with E-state index in [4.69, 9.17) is 14.2 Å². The summed E-state index contributed by atoms with van der Waals surface area (Å²) in [6, 6.07) is 7.41. The Morgan fingerprint density at radius 3 is 2.70 bits per heavy atom. The van der Waals surface area contributed by atoms with Gasteiger partial charge in [-0.2, -0.15) is 0 Å². The molecule has 0 radical (unpaired) electrons. The SMILES string of the molecule is COCCc1cccc2c(OC)cc(C(=O)OC)nc12. The van der Waals surface area contributed by atoms with Crippen LogP contribution in [0.15, 0.2) is 24.3 Å². The summed E-state index contributed by atoms with van der Waals surface area (Å²) in [7, 11) is 4.55. The Bertz CT molecular complexity index is 625. The minimum atomic E-state index is -0.480. The zero-order valence-corrected chi connectivity index (χ0v) is 11.8. The first-order valence-electron chi connectivity index (χ1n) is 6.25. The van der Waals surface area contributed by atoms with Crippen LogP contribution in [0, 0.1) is 0 Å². The number of aromatic nitrogens is 1. The molecule has 0 saturated carbocycles. The highest BCUT2D eigenvalue weighted by Crippen LogP contribution is 2.28. The number of nitrogens with zero attached hydrogens (tertiary/aromatic N) is 1. The molecule has 0 fully saturated rings. The van der Waals surface area contributed by atoms with Crippen LogP contribution in [-0.2, 0) is 15.9 Å². The maximum Gasteiger partial charge on any atom is 0.356 e. The molecule has 0 amide bonds. The van der Waals surface area contributed by atoms with E-state index in [9.17, 15) is 4.79 Å². The molecule has 5 heteroatoms. The molecule has 0 aliphatic heterocycles. The lowest BCUT2D eigenvalue weighted by molar-refractivity contribution is 0.0594. The van der Waals surface area contributed by atoms with Gasteiger partial charge in [-0.1, -0.05) is 12.1 Å². The van der Waals surface area contributed by atoms with E-state index in [0.29, 0.717) is 18.8 Å². The molecule has 1 aromatic heterocycles. The lowest BCUT2D eigenvalue weighted by Crippen LogP contribution is -2.06. The van der Waals surface area contributed by atoms with Gasteiger partial charge in [0.2, 0.25) is 0 Å². The molecule has 0 aliphatic rings. The van der Waals surface area contributed by atoms with E-state index in [-0.39, 0.29) is 5.69 Å². The van der Waals surface area contributed by atoms with Crippen LogP contribution in [-0.4, -0.2) is 38.9 Å². The lowest BCUT2D eigenvalue weighted by Gasteiger charge is -2.11. The first kappa shape index (κ1) is 14.3. The van der Waals surface area contributed by atoms with Crippen molar-refractivity contribution >= 4 is 16.9 Å². The normalized spacial score (nSPS) is 10.6. The number of methoxy groups -OCH3 is 3. The number of para-hydroxylation sites is 1. The van der Waals surface area contributed by atoms with Crippen LogP contribution in [0.5, 0.6) is 5.75 Å². The first-order valence-corrected chi connectivity index (χ1v) is 6.25. The summed E-state index contributed by atoms with van der Waals surface area (Å²) in [6.07, 6.45) is 0.717. The molecule has 2 rings (SSSR count). The van der Waals surface area contributed by atoms with E-state index in [0.717, 1.165) is 16.5 Å². The molecule has 5 nitrogen and oxygen atoms in total. The third kappa shape index (κ3) is 2.72. The number of fused-ring (bicyclic) bond motifs is 1. The van der Waals surface area contributed by atoms with E-state index in [1.54, 1.807) is 20.3 Å². The second-order valence-electron chi connectivity index (χ2n) is 4.26. The van der Waals surface area contributed by atoms with Crippen LogP contribution in [0.2, 0.25) is 0 Å². The van der Waals surface area contributed by atoms with Gasteiger partial charge in [-0.05, 0) is 18.1 Å². The van der Waals surface area contributed by atoms with Crippen molar-refractivity contribution in [2.45, 2.75) is 6.42 Å².